The summed E-state index contributed by atoms with van der Waals surface area (Å²) in [6.07, 6.45) is 2.05. The molecule has 1 aromatic rings. The fraction of sp³-hybridized carbons (Fsp3) is 0.583. The topological polar surface area (TPSA) is 42.7 Å². The summed E-state index contributed by atoms with van der Waals surface area (Å²) in [6.45, 7) is 5.59. The second-order valence-corrected chi connectivity index (χ2v) is 4.19. The van der Waals surface area contributed by atoms with Crippen molar-refractivity contribution in [3.8, 4) is 0 Å². The van der Waals surface area contributed by atoms with Gasteiger partial charge in [0.15, 0.2) is 12.0 Å². The van der Waals surface area contributed by atoms with Crippen molar-refractivity contribution >= 4 is 6.29 Å². The van der Waals surface area contributed by atoms with E-state index in [9.17, 15) is 4.79 Å². The Morgan fingerprint density at radius 1 is 1.56 bits per heavy atom. The zero-order valence-corrected chi connectivity index (χ0v) is 9.52. The minimum Gasteiger partial charge on any atom is -0.457 e. The highest BCUT2D eigenvalue weighted by molar-refractivity contribution is 5.70. The lowest BCUT2D eigenvalue weighted by atomic mass is 10.3. The van der Waals surface area contributed by atoms with Crippen molar-refractivity contribution in [3.63, 3.8) is 0 Å². The van der Waals surface area contributed by atoms with Crippen molar-refractivity contribution in [2.75, 3.05) is 19.7 Å². The lowest BCUT2D eigenvalue weighted by molar-refractivity contribution is 0.0658. The van der Waals surface area contributed by atoms with E-state index in [0.29, 0.717) is 5.76 Å². The standard InChI is InChI=1S/C12H17NO3/c1-10-7-13(5-2-6-15-10)8-11-3-4-12(9-14)16-11/h3-4,9-10H,2,5-8H2,1H3. The summed E-state index contributed by atoms with van der Waals surface area (Å²) in [5.41, 5.74) is 0. The third kappa shape index (κ3) is 2.93. The highest BCUT2D eigenvalue weighted by Crippen LogP contribution is 2.12. The molecule has 4 heteroatoms. The van der Waals surface area contributed by atoms with Gasteiger partial charge in [-0.05, 0) is 25.5 Å². The van der Waals surface area contributed by atoms with Gasteiger partial charge in [0, 0.05) is 19.7 Å². The smallest absolute Gasteiger partial charge is 0.185 e. The van der Waals surface area contributed by atoms with Crippen molar-refractivity contribution in [1.82, 2.24) is 4.90 Å². The fourth-order valence-electron chi connectivity index (χ4n) is 1.99. The predicted octanol–water partition coefficient (Wildman–Crippen LogP) is 1.70. The Labute approximate surface area is 95.2 Å². The van der Waals surface area contributed by atoms with Crippen LogP contribution in [-0.2, 0) is 11.3 Å². The van der Waals surface area contributed by atoms with E-state index in [1.165, 1.54) is 0 Å². The normalized spacial score (nSPS) is 22.9. The molecule has 1 aliphatic heterocycles. The van der Waals surface area contributed by atoms with Crippen LogP contribution in [0.2, 0.25) is 0 Å². The van der Waals surface area contributed by atoms with Gasteiger partial charge in [0.05, 0.1) is 12.6 Å². The summed E-state index contributed by atoms with van der Waals surface area (Å²) >= 11 is 0. The van der Waals surface area contributed by atoms with Crippen LogP contribution in [-0.4, -0.2) is 37.0 Å². The van der Waals surface area contributed by atoms with Crippen LogP contribution >= 0.6 is 0 Å². The summed E-state index contributed by atoms with van der Waals surface area (Å²) < 4.78 is 10.9. The van der Waals surface area contributed by atoms with Crippen LogP contribution in [0, 0.1) is 0 Å². The van der Waals surface area contributed by atoms with Crippen LogP contribution in [0.5, 0.6) is 0 Å². The third-order valence-electron chi connectivity index (χ3n) is 2.71. The van der Waals surface area contributed by atoms with Gasteiger partial charge in [0.2, 0.25) is 0 Å². The Morgan fingerprint density at radius 3 is 3.19 bits per heavy atom. The molecule has 4 nitrogen and oxygen atoms in total. The summed E-state index contributed by atoms with van der Waals surface area (Å²) in [5, 5.41) is 0. The zero-order chi connectivity index (χ0) is 11.4. The molecule has 1 saturated heterocycles. The minimum atomic E-state index is 0.267. The van der Waals surface area contributed by atoms with Gasteiger partial charge in [-0.3, -0.25) is 9.69 Å². The first-order valence-electron chi connectivity index (χ1n) is 5.66. The average Bonchev–Trinajstić information content (AvgIpc) is 2.62. The van der Waals surface area contributed by atoms with Crippen LogP contribution in [0.3, 0.4) is 0 Å². The second kappa shape index (κ2) is 5.27. The molecular weight excluding hydrogens is 206 g/mol. The number of aldehydes is 1. The van der Waals surface area contributed by atoms with Gasteiger partial charge in [-0.1, -0.05) is 0 Å². The molecule has 1 atom stereocenters. The monoisotopic (exact) mass is 223 g/mol. The van der Waals surface area contributed by atoms with Crippen LogP contribution in [0.4, 0.5) is 0 Å². The number of carbonyl (C=O) groups excluding carboxylic acids is 1. The minimum absolute atomic E-state index is 0.267. The molecule has 0 N–H and O–H groups in total. The molecule has 0 saturated carbocycles. The van der Waals surface area contributed by atoms with Gasteiger partial charge in [0.25, 0.3) is 0 Å². The number of carbonyl (C=O) groups is 1. The van der Waals surface area contributed by atoms with E-state index in [1.807, 2.05) is 6.07 Å². The molecule has 0 amide bonds. The van der Waals surface area contributed by atoms with Gasteiger partial charge in [0.1, 0.15) is 5.76 Å². The molecule has 2 heterocycles. The SMILES string of the molecule is CC1CN(Cc2ccc(C=O)o2)CCCO1. The molecule has 88 valence electrons. The second-order valence-electron chi connectivity index (χ2n) is 4.19. The Morgan fingerprint density at radius 2 is 2.44 bits per heavy atom. The quantitative estimate of drug-likeness (QED) is 0.731. The molecule has 1 aromatic heterocycles. The van der Waals surface area contributed by atoms with Crippen molar-refractivity contribution in [3.05, 3.63) is 23.7 Å². The zero-order valence-electron chi connectivity index (χ0n) is 9.52. The fourth-order valence-corrected chi connectivity index (χ4v) is 1.99. The number of ether oxygens (including phenoxy) is 1. The van der Waals surface area contributed by atoms with Crippen LogP contribution in [0.25, 0.3) is 0 Å². The van der Waals surface area contributed by atoms with Gasteiger partial charge < -0.3 is 9.15 Å². The number of rotatable bonds is 3. The van der Waals surface area contributed by atoms with Crippen molar-refractivity contribution in [2.45, 2.75) is 26.0 Å². The van der Waals surface area contributed by atoms with E-state index in [2.05, 4.69) is 11.8 Å². The third-order valence-corrected chi connectivity index (χ3v) is 2.71. The van der Waals surface area contributed by atoms with Gasteiger partial charge in [-0.2, -0.15) is 0 Å². The molecule has 0 radical (unpaired) electrons. The molecule has 16 heavy (non-hydrogen) atoms. The summed E-state index contributed by atoms with van der Waals surface area (Å²) in [5.74, 6) is 1.24. The largest absolute Gasteiger partial charge is 0.457 e. The molecule has 1 fully saturated rings. The molecule has 1 unspecified atom stereocenters. The number of nitrogens with zero attached hydrogens (tertiary/aromatic N) is 1. The van der Waals surface area contributed by atoms with Crippen molar-refractivity contribution in [2.24, 2.45) is 0 Å². The van der Waals surface area contributed by atoms with E-state index in [1.54, 1.807) is 6.07 Å². The molecule has 1 aliphatic rings. The van der Waals surface area contributed by atoms with Gasteiger partial charge in [-0.15, -0.1) is 0 Å². The molecule has 0 aromatic carbocycles. The lowest BCUT2D eigenvalue weighted by Crippen LogP contribution is -2.29. The van der Waals surface area contributed by atoms with E-state index in [4.69, 9.17) is 9.15 Å². The average molecular weight is 223 g/mol. The summed E-state index contributed by atoms with van der Waals surface area (Å²) in [7, 11) is 0. The van der Waals surface area contributed by atoms with E-state index in [0.717, 1.165) is 44.7 Å². The van der Waals surface area contributed by atoms with Gasteiger partial charge >= 0.3 is 0 Å². The maximum absolute atomic E-state index is 10.5. The van der Waals surface area contributed by atoms with Gasteiger partial charge in [-0.25, -0.2) is 0 Å². The number of furan rings is 1. The Hall–Kier alpha value is -1.13. The summed E-state index contributed by atoms with van der Waals surface area (Å²) in [6, 6.07) is 3.57. The van der Waals surface area contributed by atoms with Crippen LogP contribution < -0.4 is 0 Å². The maximum Gasteiger partial charge on any atom is 0.185 e. The van der Waals surface area contributed by atoms with Crippen LogP contribution in [0.15, 0.2) is 16.5 Å². The lowest BCUT2D eigenvalue weighted by Gasteiger charge is -2.20. The highest BCUT2D eigenvalue weighted by atomic mass is 16.5. The van der Waals surface area contributed by atoms with E-state index in [-0.39, 0.29) is 6.10 Å². The number of hydrogen-bond donors (Lipinski definition) is 0. The first kappa shape index (κ1) is 11.4. The van der Waals surface area contributed by atoms with Crippen LogP contribution in [0.1, 0.15) is 29.7 Å². The van der Waals surface area contributed by atoms with E-state index >= 15 is 0 Å². The molecule has 0 bridgehead atoms. The first-order chi connectivity index (χ1) is 7.78. The molecule has 2 rings (SSSR count). The Bertz CT molecular complexity index is 348. The molecular formula is C12H17NO3. The van der Waals surface area contributed by atoms with Crippen molar-refractivity contribution in [1.29, 1.82) is 0 Å². The summed E-state index contributed by atoms with van der Waals surface area (Å²) in [4.78, 5) is 12.8. The Kier molecular flexibility index (Phi) is 3.74. The first-order valence-corrected chi connectivity index (χ1v) is 5.66. The predicted molar refractivity (Wildman–Crippen MR) is 59.4 cm³/mol. The van der Waals surface area contributed by atoms with Crippen molar-refractivity contribution < 1.29 is 13.9 Å². The molecule has 0 aliphatic carbocycles. The Balaban J connectivity index is 1.94. The molecule has 0 spiro atoms. The maximum atomic E-state index is 10.5. The number of hydrogen-bond acceptors (Lipinski definition) is 4. The highest BCUT2D eigenvalue weighted by Gasteiger charge is 2.16. The van der Waals surface area contributed by atoms with E-state index < -0.39 is 0 Å².